The van der Waals surface area contributed by atoms with Gasteiger partial charge in [0.15, 0.2) is 0 Å². The minimum Gasteiger partial charge on any atom is -0.495 e. The van der Waals surface area contributed by atoms with Gasteiger partial charge in [0.05, 0.1) is 17.7 Å². The lowest BCUT2D eigenvalue weighted by molar-refractivity contribution is -0.141. The number of carbonyl (C=O) groups is 2. The molecule has 1 unspecified atom stereocenters. The number of carbonyl (C=O) groups excluding carboxylic acids is 2. The first kappa shape index (κ1) is 33.2. The summed E-state index contributed by atoms with van der Waals surface area (Å²) in [4.78, 5) is 29.1. The minimum absolute atomic E-state index is 0.00571. The average molecular weight is 635 g/mol. The second-order valence-electron chi connectivity index (χ2n) is 10.9. The maximum atomic E-state index is 14.3. The molecule has 8 nitrogen and oxygen atoms in total. The third-order valence-electron chi connectivity index (χ3n) is 6.45. The van der Waals surface area contributed by atoms with Crippen molar-refractivity contribution < 1.29 is 22.7 Å². The van der Waals surface area contributed by atoms with E-state index in [0.29, 0.717) is 15.6 Å². The normalized spacial score (nSPS) is 12.4. The molecule has 0 saturated carbocycles. The molecule has 0 radical (unpaired) electrons. The van der Waals surface area contributed by atoms with E-state index in [0.717, 1.165) is 9.87 Å². The molecule has 0 fully saturated rings. The lowest BCUT2D eigenvalue weighted by Crippen LogP contribution is -2.55. The first-order valence-corrected chi connectivity index (χ1v) is 15.7. The van der Waals surface area contributed by atoms with Crippen LogP contribution in [0.15, 0.2) is 71.6 Å². The molecule has 3 aromatic carbocycles. The van der Waals surface area contributed by atoms with Crippen LogP contribution in [0.5, 0.6) is 5.75 Å². The second-order valence-corrected chi connectivity index (χ2v) is 13.6. The maximum Gasteiger partial charge on any atom is 0.264 e. The van der Waals surface area contributed by atoms with E-state index in [2.05, 4.69) is 5.32 Å². The number of amides is 2. The number of sulfonamides is 1. The summed E-state index contributed by atoms with van der Waals surface area (Å²) in [6, 6.07) is 16.9. The smallest absolute Gasteiger partial charge is 0.264 e. The maximum absolute atomic E-state index is 14.3. The van der Waals surface area contributed by atoms with Crippen molar-refractivity contribution in [3.05, 3.63) is 87.9 Å². The van der Waals surface area contributed by atoms with Gasteiger partial charge in [-0.1, -0.05) is 60.5 Å². The number of ether oxygens (including phenoxy) is 1. The van der Waals surface area contributed by atoms with E-state index in [9.17, 15) is 18.0 Å². The molecule has 3 aromatic rings. The van der Waals surface area contributed by atoms with Gasteiger partial charge in [-0.05, 0) is 81.6 Å². The Morgan fingerprint density at radius 1 is 1.00 bits per heavy atom. The van der Waals surface area contributed by atoms with Crippen LogP contribution in [0.3, 0.4) is 0 Å². The lowest BCUT2D eigenvalue weighted by atomic mass is 10.1. The Kier molecular flexibility index (Phi) is 10.9. The number of halogens is 2. The highest BCUT2D eigenvalue weighted by molar-refractivity contribution is 7.92. The predicted octanol–water partition coefficient (Wildman–Crippen LogP) is 6.23. The number of hydrogen-bond donors (Lipinski definition) is 1. The molecule has 0 aliphatic heterocycles. The zero-order valence-electron chi connectivity index (χ0n) is 24.6. The fourth-order valence-corrected chi connectivity index (χ4v) is 6.34. The van der Waals surface area contributed by atoms with E-state index in [4.69, 9.17) is 27.9 Å². The van der Waals surface area contributed by atoms with Crippen molar-refractivity contribution in [1.29, 1.82) is 0 Å². The quantitative estimate of drug-likeness (QED) is 0.270. The highest BCUT2D eigenvalue weighted by Gasteiger charge is 2.35. The van der Waals surface area contributed by atoms with Crippen LogP contribution >= 0.6 is 23.2 Å². The van der Waals surface area contributed by atoms with Gasteiger partial charge in [0.2, 0.25) is 11.8 Å². The van der Waals surface area contributed by atoms with Crippen LogP contribution in [0.4, 0.5) is 5.69 Å². The zero-order chi connectivity index (χ0) is 31.2. The van der Waals surface area contributed by atoms with Gasteiger partial charge >= 0.3 is 0 Å². The van der Waals surface area contributed by atoms with E-state index in [1.807, 2.05) is 27.7 Å². The van der Waals surface area contributed by atoms with Gasteiger partial charge < -0.3 is 15.0 Å². The van der Waals surface area contributed by atoms with Crippen LogP contribution in [0.25, 0.3) is 0 Å². The van der Waals surface area contributed by atoms with Crippen molar-refractivity contribution in [3.8, 4) is 5.75 Å². The van der Waals surface area contributed by atoms with Crippen molar-refractivity contribution in [2.24, 2.45) is 0 Å². The number of methoxy groups -OCH3 is 1. The van der Waals surface area contributed by atoms with Gasteiger partial charge in [0, 0.05) is 22.1 Å². The van der Waals surface area contributed by atoms with E-state index in [1.165, 1.54) is 24.1 Å². The molecule has 0 aromatic heterocycles. The molecule has 0 aliphatic carbocycles. The zero-order valence-corrected chi connectivity index (χ0v) is 27.0. The van der Waals surface area contributed by atoms with Crippen LogP contribution in [-0.4, -0.2) is 50.4 Å². The van der Waals surface area contributed by atoms with Crippen LogP contribution < -0.4 is 14.4 Å². The molecular weight excluding hydrogens is 597 g/mol. The highest BCUT2D eigenvalue weighted by Crippen LogP contribution is 2.34. The third-order valence-corrected chi connectivity index (χ3v) is 8.81. The highest BCUT2D eigenvalue weighted by atomic mass is 35.5. The Hall–Kier alpha value is -3.27. The molecule has 3 rings (SSSR count). The Morgan fingerprint density at radius 3 is 2.24 bits per heavy atom. The van der Waals surface area contributed by atoms with E-state index in [-0.39, 0.29) is 35.2 Å². The first-order chi connectivity index (χ1) is 19.7. The molecule has 226 valence electrons. The number of aryl methyl sites for hydroxylation is 1. The fourth-order valence-electron chi connectivity index (χ4n) is 4.43. The third kappa shape index (κ3) is 8.18. The molecule has 2 amide bonds. The molecule has 0 spiro atoms. The monoisotopic (exact) mass is 633 g/mol. The summed E-state index contributed by atoms with van der Waals surface area (Å²) >= 11 is 12.6. The summed E-state index contributed by atoms with van der Waals surface area (Å²) in [7, 11) is -2.81. The summed E-state index contributed by atoms with van der Waals surface area (Å²) in [6.07, 6.45) is 0.276. The molecule has 42 heavy (non-hydrogen) atoms. The SMILES string of the molecule is CCC(C(=O)NC(C)(C)C)N(Cc1ccc(Cl)cc1Cl)C(=O)CN(c1cc(C)ccc1OC)S(=O)(=O)c1ccccc1. The predicted molar refractivity (Wildman–Crippen MR) is 168 cm³/mol. The molecule has 1 N–H and O–H groups in total. The summed E-state index contributed by atoms with van der Waals surface area (Å²) in [5.41, 5.74) is 0.968. The summed E-state index contributed by atoms with van der Waals surface area (Å²) in [5, 5.41) is 3.69. The van der Waals surface area contributed by atoms with Crippen molar-refractivity contribution in [3.63, 3.8) is 0 Å². The summed E-state index contributed by atoms with van der Waals surface area (Å²) in [5.74, 6) is -0.688. The fraction of sp³-hybridized carbons (Fsp3) is 0.355. The molecule has 0 saturated heterocycles. The number of benzene rings is 3. The average Bonchev–Trinajstić information content (AvgIpc) is 2.92. The number of hydrogen-bond acceptors (Lipinski definition) is 5. The van der Waals surface area contributed by atoms with Gasteiger partial charge in [-0.2, -0.15) is 0 Å². The minimum atomic E-state index is -4.24. The number of nitrogens with one attached hydrogen (secondary N) is 1. The van der Waals surface area contributed by atoms with E-state index >= 15 is 0 Å². The Labute approximate surface area is 258 Å². The standard InChI is InChI=1S/C31H37Cl2N3O5S/c1-7-26(30(38)34-31(3,4)5)35(19-22-14-15-23(32)18-25(22)33)29(37)20-36(27-17-21(2)13-16-28(27)41-6)42(39,40)24-11-9-8-10-12-24/h8-18,26H,7,19-20H2,1-6H3,(H,34,38). The van der Waals surface area contributed by atoms with Gasteiger partial charge in [-0.15, -0.1) is 0 Å². The largest absolute Gasteiger partial charge is 0.495 e. The molecular formula is C31H37Cl2N3O5S. The summed E-state index contributed by atoms with van der Waals surface area (Å²) < 4.78 is 34.7. The molecule has 0 bridgehead atoms. The van der Waals surface area contributed by atoms with Crippen molar-refractivity contribution in [2.75, 3.05) is 18.0 Å². The van der Waals surface area contributed by atoms with Crippen LogP contribution in [0.1, 0.15) is 45.2 Å². The van der Waals surface area contributed by atoms with Crippen molar-refractivity contribution >= 4 is 50.7 Å². The van der Waals surface area contributed by atoms with Crippen molar-refractivity contribution in [1.82, 2.24) is 10.2 Å². The lowest BCUT2D eigenvalue weighted by Gasteiger charge is -2.35. The number of nitrogens with zero attached hydrogens (tertiary/aromatic N) is 2. The molecule has 11 heteroatoms. The molecule has 1 atom stereocenters. The summed E-state index contributed by atoms with van der Waals surface area (Å²) in [6.45, 7) is 8.50. The Balaban J connectivity index is 2.15. The Bertz CT molecular complexity index is 1530. The van der Waals surface area contributed by atoms with Gasteiger partial charge in [0.25, 0.3) is 10.0 Å². The van der Waals surface area contributed by atoms with Crippen LogP contribution in [-0.2, 0) is 26.2 Å². The van der Waals surface area contributed by atoms with Crippen LogP contribution in [0, 0.1) is 6.92 Å². The topological polar surface area (TPSA) is 96.0 Å². The number of rotatable bonds is 11. The van der Waals surface area contributed by atoms with E-state index < -0.39 is 34.1 Å². The second kappa shape index (κ2) is 13.8. The van der Waals surface area contributed by atoms with Gasteiger partial charge in [0.1, 0.15) is 18.3 Å². The number of anilines is 1. The van der Waals surface area contributed by atoms with E-state index in [1.54, 1.807) is 61.5 Å². The Morgan fingerprint density at radius 2 is 1.67 bits per heavy atom. The molecule has 0 heterocycles. The first-order valence-electron chi connectivity index (χ1n) is 13.5. The van der Waals surface area contributed by atoms with Crippen molar-refractivity contribution in [2.45, 2.75) is 64.1 Å². The molecule has 0 aliphatic rings. The van der Waals surface area contributed by atoms with Gasteiger partial charge in [-0.3, -0.25) is 13.9 Å². The van der Waals surface area contributed by atoms with Gasteiger partial charge in [-0.25, -0.2) is 8.42 Å². The van der Waals surface area contributed by atoms with Crippen LogP contribution in [0.2, 0.25) is 10.0 Å².